The average Bonchev–Trinajstić information content (AvgIpc) is 2.51. The molecule has 0 spiro atoms. The van der Waals surface area contributed by atoms with Crippen LogP contribution in [0.3, 0.4) is 0 Å². The molecule has 0 aliphatic heterocycles. The molecular formula is C15H24F2IN3O2. The number of alkyl halides is 2. The highest BCUT2D eigenvalue weighted by Crippen LogP contribution is 2.14. The van der Waals surface area contributed by atoms with E-state index >= 15 is 0 Å². The van der Waals surface area contributed by atoms with E-state index in [1.807, 2.05) is 13.0 Å². The molecule has 1 aromatic carbocycles. The van der Waals surface area contributed by atoms with Crippen LogP contribution in [-0.4, -0.2) is 45.8 Å². The summed E-state index contributed by atoms with van der Waals surface area (Å²) in [5.74, 6) is 1.10. The molecule has 0 aromatic heterocycles. The van der Waals surface area contributed by atoms with Crippen molar-refractivity contribution >= 4 is 29.9 Å². The summed E-state index contributed by atoms with van der Waals surface area (Å²) in [6.45, 7) is 3.78. The highest BCUT2D eigenvalue weighted by Gasteiger charge is 2.04. The number of benzene rings is 1. The molecule has 1 aromatic rings. The molecule has 0 bridgehead atoms. The van der Waals surface area contributed by atoms with Gasteiger partial charge in [-0.05, 0) is 24.6 Å². The minimum atomic E-state index is -2.48. The molecule has 0 aliphatic rings. The first kappa shape index (κ1) is 21.8. The molecule has 0 fully saturated rings. The molecule has 0 heterocycles. The van der Waals surface area contributed by atoms with E-state index in [0.29, 0.717) is 31.4 Å². The van der Waals surface area contributed by atoms with Gasteiger partial charge in [-0.15, -0.1) is 24.0 Å². The Labute approximate surface area is 152 Å². The number of methoxy groups -OCH3 is 1. The topological polar surface area (TPSA) is 54.9 Å². The van der Waals surface area contributed by atoms with Crippen molar-refractivity contribution in [2.45, 2.75) is 19.9 Å². The number of nitrogens with zero attached hydrogens (tertiary/aromatic N) is 1. The summed E-state index contributed by atoms with van der Waals surface area (Å²) >= 11 is 0. The van der Waals surface area contributed by atoms with Gasteiger partial charge in [0, 0.05) is 20.2 Å². The van der Waals surface area contributed by atoms with Crippen LogP contribution in [-0.2, 0) is 11.3 Å². The number of nitrogens with one attached hydrogen (secondary N) is 2. The van der Waals surface area contributed by atoms with E-state index in [-0.39, 0.29) is 24.0 Å². The van der Waals surface area contributed by atoms with Crippen LogP contribution >= 0.6 is 24.0 Å². The summed E-state index contributed by atoms with van der Waals surface area (Å²) in [6.07, 6.45) is -2.48. The lowest BCUT2D eigenvalue weighted by Crippen LogP contribution is -2.38. The highest BCUT2D eigenvalue weighted by molar-refractivity contribution is 14.0. The van der Waals surface area contributed by atoms with Crippen molar-refractivity contribution < 1.29 is 18.3 Å². The van der Waals surface area contributed by atoms with Gasteiger partial charge in [-0.3, -0.25) is 0 Å². The number of halogens is 3. The first-order valence-corrected chi connectivity index (χ1v) is 7.16. The quantitative estimate of drug-likeness (QED) is 0.267. The summed E-state index contributed by atoms with van der Waals surface area (Å²) in [5.41, 5.74) is 0.885. The third-order valence-corrected chi connectivity index (χ3v) is 2.64. The molecule has 8 heteroatoms. The van der Waals surface area contributed by atoms with Crippen LogP contribution in [0.4, 0.5) is 8.78 Å². The average molecular weight is 443 g/mol. The van der Waals surface area contributed by atoms with Gasteiger partial charge in [0.05, 0.1) is 13.2 Å². The maximum atomic E-state index is 12.1. The van der Waals surface area contributed by atoms with Crippen LogP contribution in [0.2, 0.25) is 0 Å². The maximum absolute atomic E-state index is 12.1. The molecule has 23 heavy (non-hydrogen) atoms. The van der Waals surface area contributed by atoms with Crippen LogP contribution in [0.1, 0.15) is 12.5 Å². The van der Waals surface area contributed by atoms with Gasteiger partial charge in [-0.25, -0.2) is 13.8 Å². The third kappa shape index (κ3) is 10.3. The highest BCUT2D eigenvalue weighted by atomic mass is 127. The zero-order valence-electron chi connectivity index (χ0n) is 13.4. The number of rotatable bonds is 9. The van der Waals surface area contributed by atoms with E-state index in [0.717, 1.165) is 12.1 Å². The molecule has 0 saturated carbocycles. The van der Waals surface area contributed by atoms with E-state index in [2.05, 4.69) is 15.6 Å². The number of hydrogen-bond donors (Lipinski definition) is 2. The molecule has 1 rings (SSSR count). The van der Waals surface area contributed by atoms with Gasteiger partial charge in [-0.1, -0.05) is 12.1 Å². The molecule has 0 atom stereocenters. The Hall–Kier alpha value is -1.16. The van der Waals surface area contributed by atoms with Crippen molar-refractivity contribution in [3.8, 4) is 5.75 Å². The zero-order valence-corrected chi connectivity index (χ0v) is 15.7. The molecule has 2 N–H and O–H groups in total. The van der Waals surface area contributed by atoms with Gasteiger partial charge in [0.15, 0.2) is 5.96 Å². The number of guanidine groups is 1. The van der Waals surface area contributed by atoms with E-state index < -0.39 is 13.0 Å². The van der Waals surface area contributed by atoms with Crippen molar-refractivity contribution in [3.05, 3.63) is 29.8 Å². The van der Waals surface area contributed by atoms with Crippen LogP contribution in [0.15, 0.2) is 29.3 Å². The minimum Gasteiger partial charge on any atom is -0.488 e. The Morgan fingerprint density at radius 3 is 2.74 bits per heavy atom. The third-order valence-electron chi connectivity index (χ3n) is 2.64. The normalized spacial score (nSPS) is 11.1. The predicted molar refractivity (Wildman–Crippen MR) is 98.1 cm³/mol. The van der Waals surface area contributed by atoms with Crippen molar-refractivity contribution in [2.75, 3.05) is 33.4 Å². The van der Waals surface area contributed by atoms with Gasteiger partial charge in [0.1, 0.15) is 12.4 Å². The van der Waals surface area contributed by atoms with Gasteiger partial charge < -0.3 is 20.1 Å². The Balaban J connectivity index is 0.00000484. The molecule has 132 valence electrons. The van der Waals surface area contributed by atoms with Crippen molar-refractivity contribution in [2.24, 2.45) is 4.99 Å². The monoisotopic (exact) mass is 443 g/mol. The first-order chi connectivity index (χ1) is 10.7. The molecule has 0 amide bonds. The van der Waals surface area contributed by atoms with Gasteiger partial charge in [0.2, 0.25) is 0 Å². The van der Waals surface area contributed by atoms with Crippen molar-refractivity contribution in [1.29, 1.82) is 0 Å². The minimum absolute atomic E-state index is 0. The molecule has 5 nitrogen and oxygen atoms in total. The Morgan fingerprint density at radius 2 is 2.09 bits per heavy atom. The van der Waals surface area contributed by atoms with Crippen LogP contribution in [0, 0.1) is 0 Å². The van der Waals surface area contributed by atoms with E-state index in [1.54, 1.807) is 25.3 Å². The van der Waals surface area contributed by atoms with Crippen molar-refractivity contribution in [1.82, 2.24) is 10.6 Å². The molecule has 0 radical (unpaired) electrons. The van der Waals surface area contributed by atoms with Crippen LogP contribution < -0.4 is 15.4 Å². The Morgan fingerprint density at radius 1 is 1.30 bits per heavy atom. The van der Waals surface area contributed by atoms with Gasteiger partial charge >= 0.3 is 0 Å². The standard InChI is InChI=1S/C15H23F2N3O2.HI/c1-3-18-15(19-7-8-21-2)20-10-12-5-4-6-13(9-12)22-11-14(16)17;/h4-6,9,14H,3,7-8,10-11H2,1-2H3,(H2,18,19,20);1H. The summed E-state index contributed by atoms with van der Waals surface area (Å²) in [4.78, 5) is 4.43. The summed E-state index contributed by atoms with van der Waals surface area (Å²) < 4.78 is 34.2. The number of aliphatic imine (C=N–C) groups is 1. The largest absolute Gasteiger partial charge is 0.488 e. The molecule has 0 aliphatic carbocycles. The van der Waals surface area contributed by atoms with Gasteiger partial charge in [-0.2, -0.15) is 0 Å². The summed E-state index contributed by atoms with van der Waals surface area (Å²) in [5, 5.41) is 6.25. The SMILES string of the molecule is CCNC(=NCc1cccc(OCC(F)F)c1)NCCOC.I. The lowest BCUT2D eigenvalue weighted by Gasteiger charge is -2.11. The lowest BCUT2D eigenvalue weighted by atomic mass is 10.2. The van der Waals surface area contributed by atoms with E-state index in [4.69, 9.17) is 9.47 Å². The fourth-order valence-electron chi connectivity index (χ4n) is 1.68. The predicted octanol–water partition coefficient (Wildman–Crippen LogP) is 2.65. The van der Waals surface area contributed by atoms with Crippen LogP contribution in [0.25, 0.3) is 0 Å². The van der Waals surface area contributed by atoms with Crippen LogP contribution in [0.5, 0.6) is 5.75 Å². The summed E-state index contributed by atoms with van der Waals surface area (Å²) in [7, 11) is 1.64. The first-order valence-electron chi connectivity index (χ1n) is 7.16. The summed E-state index contributed by atoms with van der Waals surface area (Å²) in [6, 6.07) is 7.00. The Kier molecular flexibility index (Phi) is 12.6. The molecular weight excluding hydrogens is 419 g/mol. The van der Waals surface area contributed by atoms with Gasteiger partial charge in [0.25, 0.3) is 6.43 Å². The fourth-order valence-corrected chi connectivity index (χ4v) is 1.68. The maximum Gasteiger partial charge on any atom is 0.272 e. The number of ether oxygens (including phenoxy) is 2. The van der Waals surface area contributed by atoms with E-state index in [9.17, 15) is 8.78 Å². The molecule has 0 unspecified atom stereocenters. The lowest BCUT2D eigenvalue weighted by molar-refractivity contribution is 0.0818. The van der Waals surface area contributed by atoms with E-state index in [1.165, 1.54) is 0 Å². The Bertz CT molecular complexity index is 462. The smallest absolute Gasteiger partial charge is 0.272 e. The number of hydrogen-bond acceptors (Lipinski definition) is 3. The molecule has 0 saturated heterocycles. The second kappa shape index (κ2) is 13.3. The second-order valence-electron chi connectivity index (χ2n) is 4.46. The zero-order chi connectivity index (χ0) is 16.2. The van der Waals surface area contributed by atoms with Crippen molar-refractivity contribution in [3.63, 3.8) is 0 Å². The second-order valence-corrected chi connectivity index (χ2v) is 4.46. The fraction of sp³-hybridized carbons (Fsp3) is 0.533.